The number of aromatic nitrogens is 4. The van der Waals surface area contributed by atoms with Crippen LogP contribution in [0.4, 0.5) is 0 Å². The van der Waals surface area contributed by atoms with Gasteiger partial charge in [0.15, 0.2) is 0 Å². The van der Waals surface area contributed by atoms with Crippen LogP contribution in [-0.2, 0) is 10.0 Å². The van der Waals surface area contributed by atoms with Crippen LogP contribution in [0.1, 0.15) is 11.3 Å². The van der Waals surface area contributed by atoms with Crippen LogP contribution in [0.2, 0.25) is 0 Å². The van der Waals surface area contributed by atoms with Crippen molar-refractivity contribution >= 4 is 32.0 Å². The van der Waals surface area contributed by atoms with Crippen LogP contribution >= 0.6 is 0 Å². The smallest absolute Gasteiger partial charge is 0.268 e. The number of rotatable bonds is 3. The number of aromatic amines is 1. The predicted octanol–water partition coefficient (Wildman–Crippen LogP) is 4.43. The Morgan fingerprint density at radius 3 is 2.55 bits per heavy atom. The first-order chi connectivity index (χ1) is 14.0. The van der Waals surface area contributed by atoms with Gasteiger partial charge in [-0.15, -0.1) is 0 Å². The summed E-state index contributed by atoms with van der Waals surface area (Å²) in [4.78, 5) is 12.1. The third-order valence-corrected chi connectivity index (χ3v) is 6.87. The molecule has 0 radical (unpaired) electrons. The van der Waals surface area contributed by atoms with E-state index in [0.29, 0.717) is 5.52 Å². The van der Waals surface area contributed by atoms with Gasteiger partial charge in [-0.1, -0.05) is 17.7 Å². The van der Waals surface area contributed by atoms with Crippen molar-refractivity contribution in [1.82, 2.24) is 18.9 Å². The fourth-order valence-corrected chi connectivity index (χ4v) is 5.12. The average Bonchev–Trinajstić information content (AvgIpc) is 3.25. The number of fused-ring (bicyclic) bond motifs is 2. The van der Waals surface area contributed by atoms with Gasteiger partial charge >= 0.3 is 0 Å². The van der Waals surface area contributed by atoms with Gasteiger partial charge in [0.1, 0.15) is 5.65 Å². The number of benzene rings is 1. The Labute approximate surface area is 167 Å². The minimum Gasteiger partial charge on any atom is -0.343 e. The third-order valence-electron chi connectivity index (χ3n) is 5.18. The molecular weight excluding hydrogens is 384 g/mol. The van der Waals surface area contributed by atoms with E-state index in [2.05, 4.69) is 15.0 Å². The number of H-pyrrole nitrogens is 1. The third kappa shape index (κ3) is 2.66. The zero-order chi connectivity index (χ0) is 20.2. The minimum absolute atomic E-state index is 0.243. The normalized spacial score (nSPS) is 12.1. The molecule has 5 aromatic rings. The molecule has 5 rings (SSSR count). The molecule has 4 aromatic heterocycles. The molecule has 0 aliphatic rings. The van der Waals surface area contributed by atoms with Crippen molar-refractivity contribution in [2.45, 2.75) is 18.7 Å². The maximum Gasteiger partial charge on any atom is 0.268 e. The Morgan fingerprint density at radius 2 is 1.76 bits per heavy atom. The molecule has 1 aromatic carbocycles. The summed E-state index contributed by atoms with van der Waals surface area (Å²) in [6.07, 6.45) is 6.69. The molecule has 7 heteroatoms. The Balaban J connectivity index is 1.82. The highest BCUT2D eigenvalue weighted by Crippen LogP contribution is 2.38. The number of pyridine rings is 2. The van der Waals surface area contributed by atoms with Crippen LogP contribution in [0.25, 0.3) is 33.1 Å². The lowest BCUT2D eigenvalue weighted by molar-refractivity contribution is 0.589. The van der Waals surface area contributed by atoms with Crippen LogP contribution in [0, 0.1) is 13.8 Å². The molecule has 4 heterocycles. The van der Waals surface area contributed by atoms with Crippen molar-refractivity contribution < 1.29 is 8.42 Å². The second-order valence-corrected chi connectivity index (χ2v) is 8.89. The van der Waals surface area contributed by atoms with Crippen LogP contribution in [-0.4, -0.2) is 27.3 Å². The van der Waals surface area contributed by atoms with Crippen molar-refractivity contribution in [3.05, 3.63) is 78.5 Å². The molecule has 144 valence electrons. The summed E-state index contributed by atoms with van der Waals surface area (Å²) in [5, 5.41) is 1.78. The van der Waals surface area contributed by atoms with Crippen LogP contribution < -0.4 is 0 Å². The molecule has 0 atom stereocenters. The molecule has 0 fully saturated rings. The van der Waals surface area contributed by atoms with E-state index in [-0.39, 0.29) is 4.90 Å². The zero-order valence-electron chi connectivity index (χ0n) is 15.9. The lowest BCUT2D eigenvalue weighted by Crippen LogP contribution is -2.11. The number of hydrogen-bond donors (Lipinski definition) is 1. The van der Waals surface area contributed by atoms with Gasteiger partial charge in [0.05, 0.1) is 16.6 Å². The van der Waals surface area contributed by atoms with Crippen molar-refractivity contribution in [1.29, 1.82) is 0 Å². The van der Waals surface area contributed by atoms with Gasteiger partial charge in [-0.2, -0.15) is 0 Å². The summed E-state index contributed by atoms with van der Waals surface area (Å²) in [6.45, 7) is 3.90. The summed E-state index contributed by atoms with van der Waals surface area (Å²) in [6, 6.07) is 12.6. The van der Waals surface area contributed by atoms with E-state index in [1.54, 1.807) is 49.1 Å². The summed E-state index contributed by atoms with van der Waals surface area (Å²) in [7, 11) is -3.77. The molecule has 6 nitrogen and oxygen atoms in total. The number of hydrogen-bond acceptors (Lipinski definition) is 4. The molecule has 0 saturated carbocycles. The maximum absolute atomic E-state index is 13.4. The SMILES string of the molecule is Cc1ccc(S(=O)(=O)n2cc(-c3c(C)[nH]c4ncccc34)c3ccncc32)cc1. The lowest BCUT2D eigenvalue weighted by Gasteiger charge is -2.07. The fraction of sp³-hybridized carbons (Fsp3) is 0.0909. The molecular formula is C22H18N4O2S. The van der Waals surface area contributed by atoms with Crippen LogP contribution in [0.5, 0.6) is 0 Å². The first kappa shape index (κ1) is 17.6. The van der Waals surface area contributed by atoms with E-state index in [9.17, 15) is 8.42 Å². The second-order valence-electron chi connectivity index (χ2n) is 7.07. The first-order valence-electron chi connectivity index (χ1n) is 9.18. The minimum atomic E-state index is -3.77. The zero-order valence-corrected chi connectivity index (χ0v) is 16.7. The fourth-order valence-electron chi connectivity index (χ4n) is 3.76. The number of aryl methyl sites for hydroxylation is 2. The van der Waals surface area contributed by atoms with Gasteiger partial charge < -0.3 is 4.98 Å². The highest BCUT2D eigenvalue weighted by atomic mass is 32.2. The van der Waals surface area contributed by atoms with E-state index in [1.165, 1.54) is 3.97 Å². The van der Waals surface area contributed by atoms with Crippen LogP contribution in [0.15, 0.2) is 72.1 Å². The van der Waals surface area contributed by atoms with E-state index >= 15 is 0 Å². The Kier molecular flexibility index (Phi) is 3.82. The molecule has 0 aliphatic heterocycles. The van der Waals surface area contributed by atoms with Gasteiger partial charge in [0.25, 0.3) is 10.0 Å². The Hall–Kier alpha value is -3.45. The Bertz CT molecular complexity index is 1480. The summed E-state index contributed by atoms with van der Waals surface area (Å²) < 4.78 is 28.1. The average molecular weight is 402 g/mol. The van der Waals surface area contributed by atoms with Crippen LogP contribution in [0.3, 0.4) is 0 Å². The quantitative estimate of drug-likeness (QED) is 0.484. The van der Waals surface area contributed by atoms with Gasteiger partial charge in [-0.05, 0) is 44.2 Å². The molecule has 0 spiro atoms. The van der Waals surface area contributed by atoms with Gasteiger partial charge in [-0.25, -0.2) is 17.4 Å². The van der Waals surface area contributed by atoms with E-state index < -0.39 is 10.0 Å². The highest BCUT2D eigenvalue weighted by molar-refractivity contribution is 7.90. The standard InChI is InChI=1S/C22H18N4O2S/c1-14-5-7-16(8-6-14)29(27,28)26-13-19(17-9-11-23-12-20(17)26)21-15(2)25-22-18(21)4-3-10-24-22/h3-13H,1-2H3,(H,24,25). The Morgan fingerprint density at radius 1 is 0.966 bits per heavy atom. The number of nitrogens with one attached hydrogen (secondary N) is 1. The first-order valence-corrected chi connectivity index (χ1v) is 10.6. The molecule has 0 amide bonds. The summed E-state index contributed by atoms with van der Waals surface area (Å²) in [5.74, 6) is 0. The van der Waals surface area contributed by atoms with E-state index in [0.717, 1.165) is 38.8 Å². The van der Waals surface area contributed by atoms with Crippen molar-refractivity contribution in [3.8, 4) is 11.1 Å². The van der Waals surface area contributed by atoms with E-state index in [4.69, 9.17) is 0 Å². The summed E-state index contributed by atoms with van der Waals surface area (Å²) >= 11 is 0. The highest BCUT2D eigenvalue weighted by Gasteiger charge is 2.24. The largest absolute Gasteiger partial charge is 0.343 e. The molecule has 0 unspecified atom stereocenters. The molecule has 1 N–H and O–H groups in total. The topological polar surface area (TPSA) is 80.6 Å². The lowest BCUT2D eigenvalue weighted by atomic mass is 10.0. The predicted molar refractivity (Wildman–Crippen MR) is 113 cm³/mol. The second kappa shape index (κ2) is 6.28. The van der Waals surface area contributed by atoms with Gasteiger partial charge in [0, 0.05) is 46.2 Å². The van der Waals surface area contributed by atoms with Gasteiger partial charge in [-0.3, -0.25) is 4.98 Å². The molecule has 29 heavy (non-hydrogen) atoms. The monoisotopic (exact) mass is 402 g/mol. The molecule has 0 bridgehead atoms. The number of nitrogens with zero attached hydrogens (tertiary/aromatic N) is 3. The van der Waals surface area contributed by atoms with Gasteiger partial charge in [0.2, 0.25) is 0 Å². The maximum atomic E-state index is 13.4. The van der Waals surface area contributed by atoms with Crippen molar-refractivity contribution in [3.63, 3.8) is 0 Å². The van der Waals surface area contributed by atoms with E-state index in [1.807, 2.05) is 32.0 Å². The van der Waals surface area contributed by atoms with Crippen molar-refractivity contribution in [2.24, 2.45) is 0 Å². The molecule has 0 aliphatic carbocycles. The van der Waals surface area contributed by atoms with Crippen molar-refractivity contribution in [2.75, 3.05) is 0 Å². The molecule has 0 saturated heterocycles. The summed E-state index contributed by atoms with van der Waals surface area (Å²) in [5.41, 5.74) is 5.03.